The molecule has 0 radical (unpaired) electrons. The van der Waals surface area contributed by atoms with Crippen molar-refractivity contribution in [1.29, 1.82) is 0 Å². The molecule has 1 unspecified atom stereocenters. The molecule has 1 fully saturated rings. The van der Waals surface area contributed by atoms with E-state index in [-0.39, 0.29) is 31.4 Å². The summed E-state index contributed by atoms with van der Waals surface area (Å²) in [7, 11) is 0. The van der Waals surface area contributed by atoms with Crippen LogP contribution in [0.25, 0.3) is 6.08 Å². The predicted octanol–water partition coefficient (Wildman–Crippen LogP) is 4.35. The summed E-state index contributed by atoms with van der Waals surface area (Å²) in [5.74, 6) is -1.27. The number of ether oxygens (including phenoxy) is 1. The summed E-state index contributed by atoms with van der Waals surface area (Å²) in [5, 5.41) is 0.531. The van der Waals surface area contributed by atoms with Gasteiger partial charge < -0.3 is 14.5 Å². The van der Waals surface area contributed by atoms with Crippen LogP contribution in [-0.2, 0) is 19.1 Å². The quantitative estimate of drug-likeness (QED) is 0.470. The van der Waals surface area contributed by atoms with Gasteiger partial charge in [-0.05, 0) is 37.1 Å². The SMILES string of the molecule is CCOC(=O)C1=C(C)N(CC(=O)N2CCN(C/C=C/c3ccccc3)CC2)C(=O)CC1c1cccc(Cl)c1. The van der Waals surface area contributed by atoms with Crippen molar-refractivity contribution in [2.75, 3.05) is 45.9 Å². The Morgan fingerprint density at radius 2 is 1.79 bits per heavy atom. The Morgan fingerprint density at radius 1 is 1.05 bits per heavy atom. The molecule has 0 aliphatic carbocycles. The second-order valence-corrected chi connectivity index (χ2v) is 9.94. The number of piperazine rings is 1. The number of benzene rings is 2. The number of carbonyl (C=O) groups excluding carboxylic acids is 3. The first kappa shape index (κ1) is 27.6. The first-order valence-corrected chi connectivity index (χ1v) is 13.4. The van der Waals surface area contributed by atoms with Crippen LogP contribution in [0.15, 0.2) is 71.9 Å². The van der Waals surface area contributed by atoms with E-state index in [1.165, 1.54) is 4.90 Å². The van der Waals surface area contributed by atoms with Gasteiger partial charge >= 0.3 is 5.97 Å². The van der Waals surface area contributed by atoms with Gasteiger partial charge in [0, 0.05) is 55.8 Å². The van der Waals surface area contributed by atoms with E-state index in [4.69, 9.17) is 16.3 Å². The highest BCUT2D eigenvalue weighted by Crippen LogP contribution is 2.37. The van der Waals surface area contributed by atoms with Crippen LogP contribution in [-0.4, -0.2) is 78.4 Å². The van der Waals surface area contributed by atoms with E-state index in [1.54, 1.807) is 36.9 Å². The number of rotatable bonds is 8. The maximum absolute atomic E-state index is 13.2. The molecule has 1 saturated heterocycles. The molecule has 4 rings (SSSR count). The summed E-state index contributed by atoms with van der Waals surface area (Å²) >= 11 is 6.19. The van der Waals surface area contributed by atoms with E-state index >= 15 is 0 Å². The molecule has 2 heterocycles. The number of amides is 2. The standard InChI is InChI=1S/C30H34ClN3O4/c1-3-38-30(37)29-22(2)34(27(35)20-26(29)24-12-7-13-25(31)19-24)21-28(36)33-17-15-32(16-18-33)14-8-11-23-9-5-4-6-10-23/h4-13,19,26H,3,14-18,20-21H2,1-2H3/b11-8+. The third-order valence-electron chi connectivity index (χ3n) is 7.06. The molecule has 2 aliphatic heterocycles. The monoisotopic (exact) mass is 535 g/mol. The second-order valence-electron chi connectivity index (χ2n) is 9.51. The average molecular weight is 536 g/mol. The first-order valence-electron chi connectivity index (χ1n) is 13.0. The van der Waals surface area contributed by atoms with Crippen molar-refractivity contribution in [3.63, 3.8) is 0 Å². The minimum absolute atomic E-state index is 0.0701. The third kappa shape index (κ3) is 6.71. The van der Waals surface area contributed by atoms with Gasteiger partial charge in [0.15, 0.2) is 0 Å². The summed E-state index contributed by atoms with van der Waals surface area (Å²) < 4.78 is 5.34. The lowest BCUT2D eigenvalue weighted by molar-refractivity contribution is -0.143. The lowest BCUT2D eigenvalue weighted by Crippen LogP contribution is -2.52. The predicted molar refractivity (Wildman–Crippen MR) is 148 cm³/mol. The van der Waals surface area contributed by atoms with Crippen molar-refractivity contribution in [3.05, 3.63) is 88.1 Å². The third-order valence-corrected chi connectivity index (χ3v) is 7.30. The summed E-state index contributed by atoms with van der Waals surface area (Å²) in [6.45, 7) is 7.12. The van der Waals surface area contributed by atoms with Crippen molar-refractivity contribution in [1.82, 2.24) is 14.7 Å². The molecule has 2 aliphatic rings. The van der Waals surface area contributed by atoms with Crippen LogP contribution >= 0.6 is 11.6 Å². The molecule has 2 amide bonds. The Hall–Kier alpha value is -3.42. The molecule has 0 N–H and O–H groups in total. The van der Waals surface area contributed by atoms with Crippen molar-refractivity contribution in [2.45, 2.75) is 26.2 Å². The van der Waals surface area contributed by atoms with Crippen LogP contribution in [0.1, 0.15) is 37.3 Å². The van der Waals surface area contributed by atoms with Crippen LogP contribution in [0.2, 0.25) is 5.02 Å². The molecule has 2 aromatic rings. The van der Waals surface area contributed by atoms with E-state index in [0.29, 0.717) is 29.4 Å². The van der Waals surface area contributed by atoms with Gasteiger partial charge in [0.1, 0.15) is 6.54 Å². The molecule has 0 saturated carbocycles. The topological polar surface area (TPSA) is 70.2 Å². The van der Waals surface area contributed by atoms with Crippen molar-refractivity contribution in [2.24, 2.45) is 0 Å². The summed E-state index contributed by atoms with van der Waals surface area (Å²) in [6, 6.07) is 17.3. The Morgan fingerprint density at radius 3 is 2.47 bits per heavy atom. The number of halogens is 1. The average Bonchev–Trinajstić information content (AvgIpc) is 2.91. The Balaban J connectivity index is 1.41. The minimum Gasteiger partial charge on any atom is -0.463 e. The number of hydrogen-bond acceptors (Lipinski definition) is 5. The Kier molecular flexibility index (Phi) is 9.37. The number of hydrogen-bond donors (Lipinski definition) is 0. The molecular formula is C30H34ClN3O4. The number of carbonyl (C=O) groups is 3. The van der Waals surface area contributed by atoms with Gasteiger partial charge in [0.25, 0.3) is 0 Å². The number of esters is 1. The van der Waals surface area contributed by atoms with Gasteiger partial charge in [-0.2, -0.15) is 0 Å². The zero-order chi connectivity index (χ0) is 27.1. The zero-order valence-corrected chi connectivity index (χ0v) is 22.7. The molecule has 8 heteroatoms. The van der Waals surface area contributed by atoms with Crippen LogP contribution in [0.4, 0.5) is 0 Å². The van der Waals surface area contributed by atoms with Crippen LogP contribution in [0, 0.1) is 0 Å². The Labute approximate surface area is 229 Å². The molecule has 200 valence electrons. The fraction of sp³-hybridized carbons (Fsp3) is 0.367. The maximum Gasteiger partial charge on any atom is 0.336 e. The smallest absolute Gasteiger partial charge is 0.336 e. The highest BCUT2D eigenvalue weighted by atomic mass is 35.5. The summed E-state index contributed by atoms with van der Waals surface area (Å²) in [5.41, 5.74) is 2.80. The lowest BCUT2D eigenvalue weighted by atomic mass is 9.83. The van der Waals surface area contributed by atoms with Gasteiger partial charge in [0.2, 0.25) is 11.8 Å². The molecule has 0 bridgehead atoms. The zero-order valence-electron chi connectivity index (χ0n) is 21.9. The van der Waals surface area contributed by atoms with Crippen molar-refractivity contribution in [3.8, 4) is 0 Å². The highest BCUT2D eigenvalue weighted by Gasteiger charge is 2.38. The normalized spacial score (nSPS) is 18.8. The fourth-order valence-corrected chi connectivity index (χ4v) is 5.20. The van der Waals surface area contributed by atoms with E-state index in [2.05, 4.69) is 29.2 Å². The highest BCUT2D eigenvalue weighted by molar-refractivity contribution is 6.30. The van der Waals surface area contributed by atoms with Gasteiger partial charge in [-0.3, -0.25) is 14.5 Å². The maximum atomic E-state index is 13.2. The number of allylic oxidation sites excluding steroid dienone is 1. The minimum atomic E-state index is -0.475. The molecule has 1 atom stereocenters. The van der Waals surface area contributed by atoms with Crippen LogP contribution < -0.4 is 0 Å². The molecule has 2 aromatic carbocycles. The molecular weight excluding hydrogens is 502 g/mol. The van der Waals surface area contributed by atoms with Gasteiger partial charge in [0.05, 0.1) is 12.2 Å². The van der Waals surface area contributed by atoms with Crippen molar-refractivity contribution < 1.29 is 19.1 Å². The molecule has 0 aromatic heterocycles. The van der Waals surface area contributed by atoms with Gasteiger partial charge in [-0.25, -0.2) is 4.79 Å². The number of nitrogens with zero attached hydrogens (tertiary/aromatic N) is 3. The molecule has 7 nitrogen and oxygen atoms in total. The van der Waals surface area contributed by atoms with Gasteiger partial charge in [-0.1, -0.05) is 66.2 Å². The van der Waals surface area contributed by atoms with Gasteiger partial charge in [-0.15, -0.1) is 0 Å². The van der Waals surface area contributed by atoms with Crippen LogP contribution in [0.3, 0.4) is 0 Å². The van der Waals surface area contributed by atoms with Crippen molar-refractivity contribution >= 4 is 35.5 Å². The Bertz CT molecular complexity index is 1220. The van der Waals surface area contributed by atoms with E-state index in [9.17, 15) is 14.4 Å². The summed E-state index contributed by atoms with van der Waals surface area (Å²) in [6.07, 6.45) is 4.31. The summed E-state index contributed by atoms with van der Waals surface area (Å²) in [4.78, 5) is 44.9. The largest absolute Gasteiger partial charge is 0.463 e. The molecule has 38 heavy (non-hydrogen) atoms. The second kappa shape index (κ2) is 12.9. The fourth-order valence-electron chi connectivity index (χ4n) is 5.00. The van der Waals surface area contributed by atoms with E-state index in [1.807, 2.05) is 24.3 Å². The van der Waals surface area contributed by atoms with Crippen LogP contribution in [0.5, 0.6) is 0 Å². The molecule has 0 spiro atoms. The van der Waals surface area contributed by atoms with E-state index in [0.717, 1.165) is 30.8 Å². The lowest BCUT2D eigenvalue weighted by Gasteiger charge is -2.37. The van der Waals surface area contributed by atoms with E-state index < -0.39 is 11.9 Å². The first-order chi connectivity index (χ1) is 18.4.